The van der Waals surface area contributed by atoms with Gasteiger partial charge in [0.2, 0.25) is 0 Å². The number of aromatic nitrogens is 2. The third-order valence-corrected chi connectivity index (χ3v) is 3.34. The number of anilines is 1. The molecule has 1 aliphatic heterocycles. The molecule has 1 amide bonds. The Kier molecular flexibility index (Phi) is 3.66. The second-order valence-electron chi connectivity index (χ2n) is 4.36. The lowest BCUT2D eigenvalue weighted by Crippen LogP contribution is -2.16. The van der Waals surface area contributed by atoms with Gasteiger partial charge in [-0.05, 0) is 25.0 Å². The molecule has 1 fully saturated rings. The number of carbonyl (C=O) groups is 1. The van der Waals surface area contributed by atoms with Crippen molar-refractivity contribution in [3.8, 4) is 0 Å². The van der Waals surface area contributed by atoms with Gasteiger partial charge in [0.05, 0.1) is 5.69 Å². The molecule has 0 bridgehead atoms. The minimum atomic E-state index is -0.390. The molecule has 1 aliphatic rings. The monoisotopic (exact) mass is 293 g/mol. The molecule has 0 radical (unpaired) electrons. The lowest BCUT2D eigenvalue weighted by Gasteiger charge is -2.08. The summed E-state index contributed by atoms with van der Waals surface area (Å²) in [5.41, 5.74) is 0.650. The SMILES string of the molecule is O=C(Nc1cccnc1Cl)c1ncoc1[C@H]1CCCO1. The van der Waals surface area contributed by atoms with Gasteiger partial charge in [0.15, 0.2) is 23.0 Å². The third kappa shape index (κ3) is 2.52. The van der Waals surface area contributed by atoms with Crippen LogP contribution in [0.2, 0.25) is 5.15 Å². The number of hydrogen-bond acceptors (Lipinski definition) is 5. The van der Waals surface area contributed by atoms with Gasteiger partial charge in [-0.25, -0.2) is 9.97 Å². The smallest absolute Gasteiger partial charge is 0.278 e. The normalized spacial score (nSPS) is 18.1. The van der Waals surface area contributed by atoms with Gasteiger partial charge in [-0.1, -0.05) is 11.6 Å². The number of hydrogen-bond donors (Lipinski definition) is 1. The molecule has 6 nitrogen and oxygen atoms in total. The molecule has 0 unspecified atom stereocenters. The van der Waals surface area contributed by atoms with E-state index < -0.39 is 0 Å². The molecule has 2 aromatic heterocycles. The van der Waals surface area contributed by atoms with E-state index in [1.165, 1.54) is 6.39 Å². The fraction of sp³-hybridized carbons (Fsp3) is 0.308. The Morgan fingerprint density at radius 3 is 3.10 bits per heavy atom. The van der Waals surface area contributed by atoms with Crippen molar-refractivity contribution in [1.82, 2.24) is 9.97 Å². The van der Waals surface area contributed by atoms with Crippen molar-refractivity contribution in [3.05, 3.63) is 41.3 Å². The van der Waals surface area contributed by atoms with Gasteiger partial charge in [-0.2, -0.15) is 0 Å². The number of rotatable bonds is 3. The van der Waals surface area contributed by atoms with Crippen LogP contribution in [0.5, 0.6) is 0 Å². The highest BCUT2D eigenvalue weighted by Gasteiger charge is 2.28. The second-order valence-corrected chi connectivity index (χ2v) is 4.72. The quantitative estimate of drug-likeness (QED) is 0.881. The zero-order chi connectivity index (χ0) is 13.9. The minimum absolute atomic E-state index is 0.206. The summed E-state index contributed by atoms with van der Waals surface area (Å²) in [5, 5.41) is 2.89. The molecule has 2 aromatic rings. The van der Waals surface area contributed by atoms with E-state index in [1.54, 1.807) is 18.3 Å². The standard InChI is InChI=1S/C13H12ClN3O3/c14-12-8(3-1-5-15-12)17-13(18)10-11(20-7-16-10)9-4-2-6-19-9/h1,3,5,7,9H,2,4,6H2,(H,17,18)/t9-/m1/s1. The number of halogens is 1. The van der Waals surface area contributed by atoms with E-state index in [-0.39, 0.29) is 22.9 Å². The van der Waals surface area contributed by atoms with E-state index in [2.05, 4.69) is 15.3 Å². The molecular weight excluding hydrogens is 282 g/mol. The highest BCUT2D eigenvalue weighted by molar-refractivity contribution is 6.32. The fourth-order valence-corrected chi connectivity index (χ4v) is 2.27. The molecule has 1 saturated heterocycles. The number of nitrogens with one attached hydrogen (secondary N) is 1. The Balaban J connectivity index is 1.81. The number of ether oxygens (including phenoxy) is 1. The van der Waals surface area contributed by atoms with Gasteiger partial charge < -0.3 is 14.5 Å². The molecule has 7 heteroatoms. The molecule has 104 valence electrons. The first-order valence-corrected chi connectivity index (χ1v) is 6.60. The predicted molar refractivity (Wildman–Crippen MR) is 71.6 cm³/mol. The first kappa shape index (κ1) is 13.1. The van der Waals surface area contributed by atoms with Crippen molar-refractivity contribution < 1.29 is 13.9 Å². The lowest BCUT2D eigenvalue weighted by molar-refractivity contribution is 0.0889. The predicted octanol–water partition coefficient (Wildman–Crippen LogP) is 2.83. The molecule has 0 aliphatic carbocycles. The zero-order valence-electron chi connectivity index (χ0n) is 10.5. The number of oxazole rings is 1. The van der Waals surface area contributed by atoms with Gasteiger partial charge in [0, 0.05) is 12.8 Å². The molecule has 0 saturated carbocycles. The number of pyridine rings is 1. The Bertz CT molecular complexity index is 623. The Morgan fingerprint density at radius 2 is 2.35 bits per heavy atom. The summed E-state index contributed by atoms with van der Waals surface area (Å²) in [6, 6.07) is 3.35. The van der Waals surface area contributed by atoms with E-state index in [0.29, 0.717) is 18.1 Å². The largest absolute Gasteiger partial charge is 0.445 e. The maximum absolute atomic E-state index is 12.2. The topological polar surface area (TPSA) is 77.3 Å². The molecular formula is C13H12ClN3O3. The molecule has 3 heterocycles. The number of amides is 1. The Morgan fingerprint density at radius 1 is 1.45 bits per heavy atom. The van der Waals surface area contributed by atoms with Crippen LogP contribution in [-0.2, 0) is 4.74 Å². The van der Waals surface area contributed by atoms with Crippen LogP contribution in [0, 0.1) is 0 Å². The van der Waals surface area contributed by atoms with Crippen LogP contribution >= 0.6 is 11.6 Å². The van der Waals surface area contributed by atoms with Crippen LogP contribution in [0.1, 0.15) is 35.2 Å². The summed E-state index contributed by atoms with van der Waals surface area (Å²) in [5.74, 6) is 0.0687. The second kappa shape index (κ2) is 5.60. The molecule has 0 aromatic carbocycles. The third-order valence-electron chi connectivity index (χ3n) is 3.04. The van der Waals surface area contributed by atoms with Crippen LogP contribution in [-0.4, -0.2) is 22.5 Å². The molecule has 3 rings (SSSR count). The summed E-state index contributed by atoms with van der Waals surface area (Å²) >= 11 is 5.90. The number of carbonyl (C=O) groups excluding carboxylic acids is 1. The van der Waals surface area contributed by atoms with Crippen LogP contribution < -0.4 is 5.32 Å². The molecule has 20 heavy (non-hydrogen) atoms. The van der Waals surface area contributed by atoms with Crippen LogP contribution in [0.3, 0.4) is 0 Å². The highest BCUT2D eigenvalue weighted by Crippen LogP contribution is 2.31. The van der Waals surface area contributed by atoms with E-state index in [1.807, 2.05) is 0 Å². The summed E-state index contributed by atoms with van der Waals surface area (Å²) in [6.07, 6.45) is 4.36. The minimum Gasteiger partial charge on any atom is -0.445 e. The van der Waals surface area contributed by atoms with Crippen molar-refractivity contribution in [2.24, 2.45) is 0 Å². The Labute approximate surface area is 120 Å². The van der Waals surface area contributed by atoms with Crippen LogP contribution in [0.15, 0.2) is 29.1 Å². The average molecular weight is 294 g/mol. The van der Waals surface area contributed by atoms with Gasteiger partial charge in [0.25, 0.3) is 5.91 Å². The van der Waals surface area contributed by atoms with E-state index in [0.717, 1.165) is 12.8 Å². The lowest BCUT2D eigenvalue weighted by atomic mass is 10.1. The van der Waals surface area contributed by atoms with Crippen LogP contribution in [0.25, 0.3) is 0 Å². The van der Waals surface area contributed by atoms with Crippen molar-refractivity contribution in [1.29, 1.82) is 0 Å². The van der Waals surface area contributed by atoms with Crippen molar-refractivity contribution in [3.63, 3.8) is 0 Å². The summed E-state index contributed by atoms with van der Waals surface area (Å²) in [7, 11) is 0. The van der Waals surface area contributed by atoms with Crippen molar-refractivity contribution in [2.45, 2.75) is 18.9 Å². The molecule has 1 atom stereocenters. The zero-order valence-corrected chi connectivity index (χ0v) is 11.3. The first-order valence-electron chi connectivity index (χ1n) is 6.22. The van der Waals surface area contributed by atoms with Crippen molar-refractivity contribution in [2.75, 3.05) is 11.9 Å². The summed E-state index contributed by atoms with van der Waals surface area (Å²) in [6.45, 7) is 0.668. The average Bonchev–Trinajstić information content (AvgIpc) is 3.11. The summed E-state index contributed by atoms with van der Waals surface area (Å²) in [4.78, 5) is 20.1. The van der Waals surface area contributed by atoms with Gasteiger partial charge in [0.1, 0.15) is 6.10 Å². The fourth-order valence-electron chi connectivity index (χ4n) is 2.10. The maximum Gasteiger partial charge on any atom is 0.278 e. The molecule has 1 N–H and O–H groups in total. The maximum atomic E-state index is 12.2. The summed E-state index contributed by atoms with van der Waals surface area (Å²) < 4.78 is 10.8. The van der Waals surface area contributed by atoms with E-state index in [4.69, 9.17) is 20.8 Å². The first-order chi connectivity index (χ1) is 9.75. The molecule has 0 spiro atoms. The van der Waals surface area contributed by atoms with Crippen LogP contribution in [0.4, 0.5) is 5.69 Å². The van der Waals surface area contributed by atoms with Gasteiger partial charge in [-0.15, -0.1) is 0 Å². The van der Waals surface area contributed by atoms with E-state index >= 15 is 0 Å². The van der Waals surface area contributed by atoms with Gasteiger partial charge in [-0.3, -0.25) is 4.79 Å². The van der Waals surface area contributed by atoms with E-state index in [9.17, 15) is 4.79 Å². The van der Waals surface area contributed by atoms with Gasteiger partial charge >= 0.3 is 0 Å². The Hall–Kier alpha value is -1.92. The van der Waals surface area contributed by atoms with Crippen molar-refractivity contribution >= 4 is 23.2 Å². The highest BCUT2D eigenvalue weighted by atomic mass is 35.5. The number of nitrogens with zero attached hydrogens (tertiary/aromatic N) is 2.